The Balaban J connectivity index is 0.00000256. The van der Waals surface area contributed by atoms with Crippen molar-refractivity contribution in [1.29, 1.82) is 0 Å². The maximum atomic E-state index is 11.9. The number of carbonyl (C=O) groups excluding carboxylic acids is 1. The Morgan fingerprint density at radius 2 is 1.88 bits per heavy atom. The minimum atomic E-state index is 0. The lowest BCUT2D eigenvalue weighted by Crippen LogP contribution is -2.39. The Hall–Kier alpha value is -0.280. The first kappa shape index (κ1) is 16.7. The van der Waals surface area contributed by atoms with E-state index in [0.29, 0.717) is 12.5 Å². The highest BCUT2D eigenvalue weighted by atomic mass is 35.5. The molecule has 0 aromatic carbocycles. The number of halogens is 1. The van der Waals surface area contributed by atoms with Crippen LogP contribution in [0.1, 0.15) is 52.4 Å². The molecule has 0 aromatic heterocycles. The molecule has 1 atom stereocenters. The second-order valence-electron chi connectivity index (χ2n) is 5.43. The minimum Gasteiger partial charge on any atom is -0.343 e. The Bertz CT molecular complexity index is 225. The van der Waals surface area contributed by atoms with Crippen molar-refractivity contribution in [2.75, 3.05) is 7.05 Å². The van der Waals surface area contributed by atoms with Gasteiger partial charge in [0.1, 0.15) is 0 Å². The van der Waals surface area contributed by atoms with E-state index in [1.807, 2.05) is 18.9 Å². The normalized spacial score (nSPS) is 25.9. The molecule has 0 aliphatic heterocycles. The molecular formula is C13H27ClN2O. The molecular weight excluding hydrogens is 236 g/mol. The molecule has 0 spiro atoms. The Kier molecular flexibility index (Phi) is 7.80. The fraction of sp³-hybridized carbons (Fsp3) is 0.923. The second-order valence-corrected chi connectivity index (χ2v) is 5.43. The van der Waals surface area contributed by atoms with E-state index >= 15 is 0 Å². The lowest BCUT2D eigenvalue weighted by molar-refractivity contribution is -0.132. The number of nitrogens with zero attached hydrogens (tertiary/aromatic N) is 1. The monoisotopic (exact) mass is 262 g/mol. The second kappa shape index (κ2) is 7.93. The molecule has 0 aromatic rings. The summed E-state index contributed by atoms with van der Waals surface area (Å²) < 4.78 is 0. The van der Waals surface area contributed by atoms with Crippen LogP contribution in [0.25, 0.3) is 0 Å². The highest BCUT2D eigenvalue weighted by Gasteiger charge is 2.24. The summed E-state index contributed by atoms with van der Waals surface area (Å²) in [6, 6.07) is 0.598. The van der Waals surface area contributed by atoms with E-state index < -0.39 is 0 Å². The molecule has 102 valence electrons. The van der Waals surface area contributed by atoms with Gasteiger partial charge in [-0.05, 0) is 44.9 Å². The Morgan fingerprint density at radius 3 is 2.35 bits per heavy atom. The number of amides is 1. The van der Waals surface area contributed by atoms with Gasteiger partial charge in [0.15, 0.2) is 0 Å². The SMILES string of the molecule is CC(N)CCC(=O)N(C)C1CCC(C)CC1.Cl. The van der Waals surface area contributed by atoms with Gasteiger partial charge in [-0.25, -0.2) is 0 Å². The predicted octanol–water partition coefficient (Wildman–Crippen LogP) is 2.57. The Labute approximate surface area is 112 Å². The number of carbonyl (C=O) groups is 1. The maximum Gasteiger partial charge on any atom is 0.222 e. The van der Waals surface area contributed by atoms with Crippen LogP contribution in [0.5, 0.6) is 0 Å². The van der Waals surface area contributed by atoms with E-state index in [1.54, 1.807) is 0 Å². The van der Waals surface area contributed by atoms with Gasteiger partial charge in [0.05, 0.1) is 0 Å². The van der Waals surface area contributed by atoms with E-state index in [4.69, 9.17) is 5.73 Å². The van der Waals surface area contributed by atoms with Crippen LogP contribution in [0.4, 0.5) is 0 Å². The summed E-state index contributed by atoms with van der Waals surface area (Å²) in [6.07, 6.45) is 6.25. The summed E-state index contributed by atoms with van der Waals surface area (Å²) in [5.41, 5.74) is 5.67. The third kappa shape index (κ3) is 5.73. The van der Waals surface area contributed by atoms with E-state index in [2.05, 4.69) is 6.92 Å². The quantitative estimate of drug-likeness (QED) is 0.847. The van der Waals surface area contributed by atoms with Gasteiger partial charge in [-0.15, -0.1) is 12.4 Å². The summed E-state index contributed by atoms with van der Waals surface area (Å²) in [7, 11) is 1.95. The first-order valence-electron chi connectivity index (χ1n) is 6.52. The van der Waals surface area contributed by atoms with Crippen LogP contribution in [-0.2, 0) is 4.79 Å². The molecule has 4 heteroatoms. The molecule has 1 fully saturated rings. The van der Waals surface area contributed by atoms with Gasteiger partial charge in [0.25, 0.3) is 0 Å². The standard InChI is InChI=1S/C13H26N2O.ClH/c1-10-4-7-12(8-5-10)15(3)13(16)9-6-11(2)14;/h10-12H,4-9,14H2,1-3H3;1H. The highest BCUT2D eigenvalue weighted by molar-refractivity contribution is 5.85. The molecule has 0 saturated heterocycles. The van der Waals surface area contributed by atoms with Crippen molar-refractivity contribution in [3.63, 3.8) is 0 Å². The summed E-state index contributed by atoms with van der Waals surface area (Å²) in [5.74, 6) is 1.10. The minimum absolute atomic E-state index is 0. The van der Waals surface area contributed by atoms with E-state index in [0.717, 1.165) is 12.3 Å². The van der Waals surface area contributed by atoms with Crippen molar-refractivity contribution in [3.8, 4) is 0 Å². The number of nitrogens with two attached hydrogens (primary N) is 1. The zero-order chi connectivity index (χ0) is 12.1. The molecule has 0 bridgehead atoms. The molecule has 1 saturated carbocycles. The van der Waals surface area contributed by atoms with Crippen LogP contribution in [0.2, 0.25) is 0 Å². The lowest BCUT2D eigenvalue weighted by atomic mass is 9.86. The fourth-order valence-corrected chi connectivity index (χ4v) is 2.36. The van der Waals surface area contributed by atoms with E-state index in [1.165, 1.54) is 25.7 Å². The lowest BCUT2D eigenvalue weighted by Gasteiger charge is -2.33. The maximum absolute atomic E-state index is 11.9. The average Bonchev–Trinajstić information content (AvgIpc) is 2.26. The van der Waals surface area contributed by atoms with Gasteiger partial charge in [0.2, 0.25) is 5.91 Å². The summed E-state index contributed by atoms with van der Waals surface area (Å²) in [4.78, 5) is 13.9. The molecule has 17 heavy (non-hydrogen) atoms. The first-order chi connectivity index (χ1) is 7.50. The van der Waals surface area contributed by atoms with Gasteiger partial charge < -0.3 is 10.6 Å². The summed E-state index contributed by atoms with van der Waals surface area (Å²) in [6.45, 7) is 4.25. The molecule has 1 aliphatic carbocycles. The molecule has 1 amide bonds. The van der Waals surface area contributed by atoms with E-state index in [-0.39, 0.29) is 24.4 Å². The van der Waals surface area contributed by atoms with Crippen molar-refractivity contribution in [2.45, 2.75) is 64.5 Å². The van der Waals surface area contributed by atoms with Crippen LogP contribution in [0.3, 0.4) is 0 Å². The summed E-state index contributed by atoms with van der Waals surface area (Å²) in [5, 5.41) is 0. The number of hydrogen-bond donors (Lipinski definition) is 1. The number of rotatable bonds is 4. The highest BCUT2D eigenvalue weighted by Crippen LogP contribution is 2.26. The van der Waals surface area contributed by atoms with Gasteiger partial charge in [-0.1, -0.05) is 6.92 Å². The molecule has 1 unspecified atom stereocenters. The van der Waals surface area contributed by atoms with E-state index in [9.17, 15) is 4.79 Å². The number of hydrogen-bond acceptors (Lipinski definition) is 2. The largest absolute Gasteiger partial charge is 0.343 e. The van der Waals surface area contributed by atoms with Gasteiger partial charge in [-0.3, -0.25) is 4.79 Å². The molecule has 1 rings (SSSR count). The molecule has 0 heterocycles. The zero-order valence-electron chi connectivity index (χ0n) is 11.3. The molecule has 1 aliphatic rings. The van der Waals surface area contributed by atoms with Gasteiger partial charge in [0, 0.05) is 25.6 Å². The van der Waals surface area contributed by atoms with Crippen molar-refractivity contribution < 1.29 is 4.79 Å². The van der Waals surface area contributed by atoms with Crippen molar-refractivity contribution in [2.24, 2.45) is 11.7 Å². The van der Waals surface area contributed by atoms with Crippen LogP contribution < -0.4 is 5.73 Å². The smallest absolute Gasteiger partial charge is 0.222 e. The van der Waals surface area contributed by atoms with Gasteiger partial charge in [-0.2, -0.15) is 0 Å². The molecule has 2 N–H and O–H groups in total. The third-order valence-electron chi connectivity index (χ3n) is 3.74. The Morgan fingerprint density at radius 1 is 1.35 bits per heavy atom. The van der Waals surface area contributed by atoms with Crippen LogP contribution >= 0.6 is 12.4 Å². The van der Waals surface area contributed by atoms with Crippen molar-refractivity contribution in [1.82, 2.24) is 4.90 Å². The average molecular weight is 263 g/mol. The zero-order valence-corrected chi connectivity index (χ0v) is 12.1. The summed E-state index contributed by atoms with van der Waals surface area (Å²) >= 11 is 0. The molecule has 3 nitrogen and oxygen atoms in total. The fourth-order valence-electron chi connectivity index (χ4n) is 2.36. The predicted molar refractivity (Wildman–Crippen MR) is 74.3 cm³/mol. The molecule has 0 radical (unpaired) electrons. The third-order valence-corrected chi connectivity index (χ3v) is 3.74. The van der Waals surface area contributed by atoms with Crippen LogP contribution in [0, 0.1) is 5.92 Å². The van der Waals surface area contributed by atoms with Crippen molar-refractivity contribution >= 4 is 18.3 Å². The van der Waals surface area contributed by atoms with Crippen molar-refractivity contribution in [3.05, 3.63) is 0 Å². The van der Waals surface area contributed by atoms with Crippen LogP contribution in [0.15, 0.2) is 0 Å². The topological polar surface area (TPSA) is 46.3 Å². The van der Waals surface area contributed by atoms with Crippen LogP contribution in [-0.4, -0.2) is 29.9 Å². The van der Waals surface area contributed by atoms with Gasteiger partial charge >= 0.3 is 0 Å². The first-order valence-corrected chi connectivity index (χ1v) is 6.52.